The largest absolute Gasteiger partial charge is 0.384 e. The fourth-order valence-corrected chi connectivity index (χ4v) is 4.86. The van der Waals surface area contributed by atoms with Crippen LogP contribution >= 0.6 is 11.6 Å². The van der Waals surface area contributed by atoms with Crippen molar-refractivity contribution in [2.45, 2.75) is 17.9 Å². The van der Waals surface area contributed by atoms with Gasteiger partial charge in [0, 0.05) is 28.0 Å². The minimum absolute atomic E-state index is 0.0268. The predicted octanol–water partition coefficient (Wildman–Crippen LogP) is 5.86. The van der Waals surface area contributed by atoms with Gasteiger partial charge in [-0.05, 0) is 35.2 Å². The molecule has 1 heterocycles. The fourth-order valence-electron chi connectivity index (χ4n) is 4.73. The second-order valence-electron chi connectivity index (χ2n) is 8.09. The van der Waals surface area contributed by atoms with Gasteiger partial charge in [-0.3, -0.25) is 0 Å². The van der Waals surface area contributed by atoms with Crippen molar-refractivity contribution in [1.82, 2.24) is 0 Å². The molecule has 0 unspecified atom stereocenters. The summed E-state index contributed by atoms with van der Waals surface area (Å²) in [5, 5.41) is 12.6. The number of halogens is 1. The summed E-state index contributed by atoms with van der Waals surface area (Å²) in [6.07, 6.45) is 0.898. The van der Waals surface area contributed by atoms with Crippen molar-refractivity contribution < 1.29 is 9.84 Å². The van der Waals surface area contributed by atoms with Crippen LogP contribution in [0.5, 0.6) is 0 Å². The van der Waals surface area contributed by atoms with E-state index in [0.717, 1.165) is 34.3 Å². The third kappa shape index (κ3) is 3.33. The van der Waals surface area contributed by atoms with E-state index in [0.29, 0.717) is 18.2 Å². The lowest BCUT2D eigenvalue weighted by Crippen LogP contribution is -2.60. The first kappa shape index (κ1) is 19.4. The van der Waals surface area contributed by atoms with Crippen molar-refractivity contribution >= 4 is 17.2 Å². The number of aliphatic hydroxyl groups is 1. The van der Waals surface area contributed by atoms with Crippen LogP contribution in [0.4, 0.5) is 0 Å². The Morgan fingerprint density at radius 2 is 1.50 bits per heavy atom. The minimum Gasteiger partial charge on any atom is -0.384 e. The van der Waals surface area contributed by atoms with Crippen molar-refractivity contribution in [2.24, 2.45) is 5.92 Å². The summed E-state index contributed by atoms with van der Waals surface area (Å²) in [6, 6.07) is 28.3. The Labute approximate surface area is 182 Å². The van der Waals surface area contributed by atoms with Crippen LogP contribution in [-0.4, -0.2) is 23.9 Å². The molecule has 1 aliphatic heterocycles. The first-order chi connectivity index (χ1) is 14.7. The smallest absolute Gasteiger partial charge is 0.107 e. The van der Waals surface area contributed by atoms with Crippen LogP contribution in [0, 0.1) is 5.92 Å². The van der Waals surface area contributed by atoms with Crippen LogP contribution in [0.2, 0.25) is 5.02 Å². The highest BCUT2D eigenvalue weighted by Crippen LogP contribution is 2.56. The summed E-state index contributed by atoms with van der Waals surface area (Å²) in [4.78, 5) is 0. The summed E-state index contributed by atoms with van der Waals surface area (Å²) in [5.41, 5.74) is 7.72. The van der Waals surface area contributed by atoms with E-state index in [9.17, 15) is 5.11 Å². The van der Waals surface area contributed by atoms with Crippen LogP contribution in [0.25, 0.3) is 5.57 Å². The molecule has 0 aromatic heterocycles. The van der Waals surface area contributed by atoms with Gasteiger partial charge in [0.25, 0.3) is 0 Å². The maximum Gasteiger partial charge on any atom is 0.107 e. The molecule has 30 heavy (non-hydrogen) atoms. The van der Waals surface area contributed by atoms with Gasteiger partial charge in [-0.2, -0.15) is 0 Å². The number of ether oxygens (including phenoxy) is 1. The van der Waals surface area contributed by atoms with Crippen molar-refractivity contribution in [1.29, 1.82) is 0 Å². The second-order valence-corrected chi connectivity index (χ2v) is 8.52. The van der Waals surface area contributed by atoms with Crippen LogP contribution in [0.1, 0.15) is 29.0 Å². The minimum atomic E-state index is -0.944. The van der Waals surface area contributed by atoms with Gasteiger partial charge in [0.15, 0.2) is 0 Å². The van der Waals surface area contributed by atoms with Crippen LogP contribution in [0.3, 0.4) is 0 Å². The molecule has 1 N–H and O–H groups in total. The zero-order valence-electron chi connectivity index (χ0n) is 16.6. The van der Waals surface area contributed by atoms with Crippen molar-refractivity contribution in [3.63, 3.8) is 0 Å². The number of benzene rings is 3. The lowest BCUT2D eigenvalue weighted by Gasteiger charge is -2.55. The molecule has 0 radical (unpaired) electrons. The average Bonchev–Trinajstić information content (AvgIpc) is 2.78. The van der Waals surface area contributed by atoms with Crippen LogP contribution in [0.15, 0.2) is 96.2 Å². The van der Waals surface area contributed by atoms with Crippen molar-refractivity contribution in [2.75, 3.05) is 13.2 Å². The van der Waals surface area contributed by atoms with E-state index in [1.54, 1.807) is 0 Å². The number of rotatable bonds is 3. The number of fused-ring (bicyclic) bond motifs is 1. The van der Waals surface area contributed by atoms with Gasteiger partial charge in [0.1, 0.15) is 5.60 Å². The standard InChI is InChI=1S/C27H23ClO2/c28-24-13-11-21(12-14-24)26-16-23-18-30-17-22(27(23,26)29)15-25(19-7-3-1-4-8-19)20-9-5-2-6-10-20/h1-14,23,26,29H,16-18H2/t23-,26+,27-/m0/s1. The predicted molar refractivity (Wildman–Crippen MR) is 120 cm³/mol. The molecule has 3 aromatic carbocycles. The van der Waals surface area contributed by atoms with Gasteiger partial charge in [0.2, 0.25) is 0 Å². The number of hydrogen-bond donors (Lipinski definition) is 1. The molecule has 2 aliphatic rings. The Morgan fingerprint density at radius 3 is 2.10 bits per heavy atom. The molecule has 3 atom stereocenters. The zero-order chi connectivity index (χ0) is 20.6. The molecule has 3 aromatic rings. The molecule has 2 nitrogen and oxygen atoms in total. The Hall–Kier alpha value is -2.61. The summed E-state index contributed by atoms with van der Waals surface area (Å²) in [5.74, 6) is 0.112. The molecule has 0 spiro atoms. The summed E-state index contributed by atoms with van der Waals surface area (Å²) >= 11 is 6.08. The Balaban J connectivity index is 1.66. The van der Waals surface area contributed by atoms with E-state index in [4.69, 9.17) is 16.3 Å². The first-order valence-electron chi connectivity index (χ1n) is 10.3. The molecule has 0 bridgehead atoms. The van der Waals surface area contributed by atoms with Gasteiger partial charge in [-0.15, -0.1) is 5.73 Å². The van der Waals surface area contributed by atoms with E-state index in [1.807, 2.05) is 60.7 Å². The van der Waals surface area contributed by atoms with Crippen LogP contribution < -0.4 is 0 Å². The van der Waals surface area contributed by atoms with Crippen molar-refractivity contribution in [3.05, 3.63) is 118 Å². The molecular formula is C27H23ClO2. The monoisotopic (exact) mass is 414 g/mol. The topological polar surface area (TPSA) is 29.5 Å². The maximum absolute atomic E-state index is 11.9. The van der Waals surface area contributed by atoms with Gasteiger partial charge >= 0.3 is 0 Å². The SMILES string of the molecule is O[C@@]12C(=C=C(c3ccccc3)c3ccccc3)COC[C@@H]1C[C@@H]2c1ccc(Cl)cc1. The Bertz CT molecular complexity index is 1060. The quantitative estimate of drug-likeness (QED) is 0.544. The molecule has 150 valence electrons. The molecule has 0 amide bonds. The number of hydrogen-bond acceptors (Lipinski definition) is 2. The summed E-state index contributed by atoms with van der Waals surface area (Å²) < 4.78 is 5.86. The third-order valence-electron chi connectivity index (χ3n) is 6.40. The lowest BCUT2D eigenvalue weighted by atomic mass is 9.55. The average molecular weight is 415 g/mol. The third-order valence-corrected chi connectivity index (χ3v) is 6.65. The van der Waals surface area contributed by atoms with E-state index in [2.05, 4.69) is 30.0 Å². The van der Waals surface area contributed by atoms with E-state index >= 15 is 0 Å². The highest BCUT2D eigenvalue weighted by atomic mass is 35.5. The first-order valence-corrected chi connectivity index (χ1v) is 10.7. The Morgan fingerprint density at radius 1 is 0.900 bits per heavy atom. The maximum atomic E-state index is 11.9. The Kier molecular flexibility index (Phi) is 5.10. The normalized spacial score (nSPS) is 25.1. The van der Waals surface area contributed by atoms with Gasteiger partial charge < -0.3 is 9.84 Å². The summed E-state index contributed by atoms with van der Waals surface area (Å²) in [6.45, 7) is 0.970. The van der Waals surface area contributed by atoms with Gasteiger partial charge in [0.05, 0.1) is 13.2 Å². The molecule has 2 fully saturated rings. The van der Waals surface area contributed by atoms with E-state index in [-0.39, 0.29) is 11.8 Å². The second kappa shape index (κ2) is 7.91. The lowest BCUT2D eigenvalue weighted by molar-refractivity contribution is -0.146. The highest BCUT2D eigenvalue weighted by molar-refractivity contribution is 6.30. The van der Waals surface area contributed by atoms with Crippen molar-refractivity contribution in [3.8, 4) is 0 Å². The summed E-state index contributed by atoms with van der Waals surface area (Å²) in [7, 11) is 0. The fraction of sp³-hybridized carbons (Fsp3) is 0.222. The van der Waals surface area contributed by atoms with E-state index < -0.39 is 5.60 Å². The molecule has 1 saturated carbocycles. The molecule has 3 heteroatoms. The molecule has 1 aliphatic carbocycles. The molecule has 1 saturated heterocycles. The van der Waals surface area contributed by atoms with E-state index in [1.165, 1.54) is 0 Å². The highest BCUT2D eigenvalue weighted by Gasteiger charge is 2.58. The molecule has 5 rings (SSSR count). The van der Waals surface area contributed by atoms with Crippen LogP contribution in [-0.2, 0) is 4.74 Å². The van der Waals surface area contributed by atoms with Gasteiger partial charge in [-0.1, -0.05) is 84.4 Å². The van der Waals surface area contributed by atoms with Gasteiger partial charge in [-0.25, -0.2) is 0 Å². The zero-order valence-corrected chi connectivity index (χ0v) is 17.3. The molecular weight excluding hydrogens is 392 g/mol.